The van der Waals surface area contributed by atoms with Crippen molar-refractivity contribution in [3.8, 4) is 0 Å². The maximum atomic E-state index is 12.4. The van der Waals surface area contributed by atoms with Gasteiger partial charge in [-0.2, -0.15) is 0 Å². The fourth-order valence-electron chi connectivity index (χ4n) is 2.21. The van der Waals surface area contributed by atoms with Crippen molar-refractivity contribution in [3.05, 3.63) is 59.7 Å². The molecule has 0 saturated heterocycles. The second-order valence-corrected chi connectivity index (χ2v) is 5.72. The fraction of sp³-hybridized carbons (Fsp3) is 0.278. The Morgan fingerprint density at radius 3 is 2.50 bits per heavy atom. The Bertz CT molecular complexity index is 611. The van der Waals surface area contributed by atoms with Crippen molar-refractivity contribution in [2.24, 2.45) is 0 Å². The topological polar surface area (TPSA) is 41.1 Å². The van der Waals surface area contributed by atoms with Gasteiger partial charge in [0.05, 0.1) is 11.3 Å². The molecule has 2 aromatic rings. The van der Waals surface area contributed by atoms with Crippen molar-refractivity contribution in [2.45, 2.75) is 26.2 Å². The molecule has 4 heteroatoms. The summed E-state index contributed by atoms with van der Waals surface area (Å²) >= 11 is 1.47. The summed E-state index contributed by atoms with van der Waals surface area (Å²) < 4.78 is 3.13. The van der Waals surface area contributed by atoms with Crippen LogP contribution in [0.15, 0.2) is 48.5 Å². The molecule has 2 rings (SSSR count). The minimum absolute atomic E-state index is 0.0986. The number of nitrogens with one attached hydrogen (secondary N) is 2. The Balaban J connectivity index is 2.05. The molecule has 3 nitrogen and oxygen atoms in total. The molecule has 0 aliphatic rings. The molecule has 1 amide bonds. The van der Waals surface area contributed by atoms with Gasteiger partial charge < -0.3 is 10.0 Å². The largest absolute Gasteiger partial charge is 0.329 e. The van der Waals surface area contributed by atoms with Crippen molar-refractivity contribution in [1.29, 1.82) is 0 Å². The molecular weight excluding hydrogens is 292 g/mol. The Hall–Kier alpha value is -1.94. The molecule has 0 aliphatic heterocycles. The van der Waals surface area contributed by atoms with Crippen LogP contribution < -0.4 is 10.0 Å². The molecule has 116 valence electrons. The molecule has 0 aliphatic carbocycles. The number of hydrogen-bond acceptors (Lipinski definition) is 3. The number of para-hydroxylation sites is 1. The zero-order valence-electron chi connectivity index (χ0n) is 13.1. The molecule has 0 radical (unpaired) electrons. The predicted molar refractivity (Wildman–Crippen MR) is 96.6 cm³/mol. The van der Waals surface area contributed by atoms with Gasteiger partial charge in [0, 0.05) is 11.9 Å². The highest BCUT2D eigenvalue weighted by molar-refractivity contribution is 7.99. The van der Waals surface area contributed by atoms with Crippen LogP contribution >= 0.6 is 11.9 Å². The van der Waals surface area contributed by atoms with Crippen LogP contribution in [0.3, 0.4) is 0 Å². The van der Waals surface area contributed by atoms with E-state index < -0.39 is 0 Å². The van der Waals surface area contributed by atoms with E-state index in [0.29, 0.717) is 5.56 Å². The van der Waals surface area contributed by atoms with Crippen LogP contribution in [0.5, 0.6) is 0 Å². The number of unbranched alkanes of at least 4 members (excludes halogenated alkanes) is 1. The Morgan fingerprint density at radius 2 is 1.82 bits per heavy atom. The first-order valence-corrected chi connectivity index (χ1v) is 8.75. The molecule has 2 N–H and O–H groups in total. The highest BCUT2D eigenvalue weighted by atomic mass is 32.2. The maximum Gasteiger partial charge on any atom is 0.257 e. The van der Waals surface area contributed by atoms with Gasteiger partial charge in [-0.05, 0) is 42.7 Å². The summed E-state index contributed by atoms with van der Waals surface area (Å²) in [7, 11) is 0. The molecule has 2 aromatic carbocycles. The average molecular weight is 314 g/mol. The highest BCUT2D eigenvalue weighted by Crippen LogP contribution is 2.20. The third kappa shape index (κ3) is 4.53. The number of benzene rings is 2. The summed E-state index contributed by atoms with van der Waals surface area (Å²) in [6.45, 7) is 2.19. The van der Waals surface area contributed by atoms with Gasteiger partial charge in [-0.3, -0.25) is 4.79 Å². The van der Waals surface area contributed by atoms with Crippen molar-refractivity contribution >= 4 is 29.2 Å². The molecule has 0 saturated carbocycles. The van der Waals surface area contributed by atoms with E-state index in [9.17, 15) is 4.79 Å². The SMILES string of the molecule is CCCCc1ccc(NC(=O)c2ccccc2NSC)cc1. The van der Waals surface area contributed by atoms with E-state index in [0.717, 1.165) is 17.8 Å². The first kappa shape index (κ1) is 16.4. The van der Waals surface area contributed by atoms with E-state index in [4.69, 9.17) is 0 Å². The van der Waals surface area contributed by atoms with Gasteiger partial charge in [-0.25, -0.2) is 0 Å². The number of carbonyl (C=O) groups is 1. The van der Waals surface area contributed by atoms with Gasteiger partial charge >= 0.3 is 0 Å². The van der Waals surface area contributed by atoms with Crippen molar-refractivity contribution < 1.29 is 4.79 Å². The van der Waals surface area contributed by atoms with Gasteiger partial charge in [-0.15, -0.1) is 0 Å². The molecule has 0 atom stereocenters. The lowest BCUT2D eigenvalue weighted by molar-refractivity contribution is 0.102. The highest BCUT2D eigenvalue weighted by Gasteiger charge is 2.10. The molecule has 0 bridgehead atoms. The molecular formula is C18H22N2OS. The minimum atomic E-state index is -0.0986. The molecule has 0 aromatic heterocycles. The average Bonchev–Trinajstić information content (AvgIpc) is 2.55. The fourth-order valence-corrected chi connectivity index (χ4v) is 2.61. The molecule has 22 heavy (non-hydrogen) atoms. The van der Waals surface area contributed by atoms with Crippen molar-refractivity contribution in [2.75, 3.05) is 16.3 Å². The first-order chi connectivity index (χ1) is 10.7. The summed E-state index contributed by atoms with van der Waals surface area (Å²) in [5.41, 5.74) is 3.60. The number of carbonyl (C=O) groups excluding carboxylic acids is 1. The third-order valence-electron chi connectivity index (χ3n) is 3.41. The van der Waals surface area contributed by atoms with E-state index in [1.807, 2.05) is 42.7 Å². The standard InChI is InChI=1S/C18H22N2OS/c1-3-4-7-14-10-12-15(13-11-14)19-18(21)16-8-5-6-9-17(16)20-22-2/h5-6,8-13,20H,3-4,7H2,1-2H3,(H,19,21). The van der Waals surface area contributed by atoms with Crippen molar-refractivity contribution in [1.82, 2.24) is 0 Å². The molecule has 0 heterocycles. The van der Waals surface area contributed by atoms with Crippen LogP contribution in [0.1, 0.15) is 35.7 Å². The molecule has 0 spiro atoms. The zero-order chi connectivity index (χ0) is 15.8. The summed E-state index contributed by atoms with van der Waals surface area (Å²) in [5, 5.41) is 2.95. The smallest absolute Gasteiger partial charge is 0.257 e. The van der Waals surface area contributed by atoms with Crippen LogP contribution in [-0.2, 0) is 6.42 Å². The minimum Gasteiger partial charge on any atom is -0.329 e. The van der Waals surface area contributed by atoms with Crippen LogP contribution in [0.4, 0.5) is 11.4 Å². The predicted octanol–water partition coefficient (Wildman–Crippen LogP) is 4.97. The zero-order valence-corrected chi connectivity index (χ0v) is 13.9. The van der Waals surface area contributed by atoms with Gasteiger partial charge in [0.15, 0.2) is 0 Å². The molecule has 0 unspecified atom stereocenters. The number of amides is 1. The summed E-state index contributed by atoms with van der Waals surface area (Å²) in [6.07, 6.45) is 5.41. The Morgan fingerprint density at radius 1 is 1.09 bits per heavy atom. The van der Waals surface area contributed by atoms with Crippen LogP contribution in [0.25, 0.3) is 0 Å². The van der Waals surface area contributed by atoms with Crippen LogP contribution in [0.2, 0.25) is 0 Å². The van der Waals surface area contributed by atoms with Crippen LogP contribution in [-0.4, -0.2) is 12.2 Å². The van der Waals surface area contributed by atoms with E-state index >= 15 is 0 Å². The molecule has 0 fully saturated rings. The Labute approximate surface area is 136 Å². The van der Waals surface area contributed by atoms with Gasteiger partial charge in [0.1, 0.15) is 0 Å². The van der Waals surface area contributed by atoms with E-state index in [-0.39, 0.29) is 5.91 Å². The number of anilines is 2. The summed E-state index contributed by atoms with van der Waals surface area (Å²) in [6, 6.07) is 15.6. The monoisotopic (exact) mass is 314 g/mol. The summed E-state index contributed by atoms with van der Waals surface area (Å²) in [4.78, 5) is 12.4. The van der Waals surface area contributed by atoms with E-state index in [2.05, 4.69) is 29.1 Å². The second kappa shape index (κ2) is 8.49. The number of aryl methyl sites for hydroxylation is 1. The maximum absolute atomic E-state index is 12.4. The lowest BCUT2D eigenvalue weighted by Gasteiger charge is -2.11. The number of hydrogen-bond donors (Lipinski definition) is 2. The normalized spacial score (nSPS) is 10.3. The quantitative estimate of drug-likeness (QED) is 0.709. The van der Waals surface area contributed by atoms with Gasteiger partial charge in [-0.1, -0.05) is 49.6 Å². The number of rotatable bonds is 7. The van der Waals surface area contributed by atoms with E-state index in [1.54, 1.807) is 0 Å². The lowest BCUT2D eigenvalue weighted by atomic mass is 10.1. The lowest BCUT2D eigenvalue weighted by Crippen LogP contribution is -2.13. The van der Waals surface area contributed by atoms with Crippen LogP contribution in [0, 0.1) is 0 Å². The van der Waals surface area contributed by atoms with Gasteiger partial charge in [0.25, 0.3) is 5.91 Å². The Kier molecular flexibility index (Phi) is 6.34. The van der Waals surface area contributed by atoms with E-state index in [1.165, 1.54) is 30.4 Å². The van der Waals surface area contributed by atoms with Crippen molar-refractivity contribution in [3.63, 3.8) is 0 Å². The third-order valence-corrected chi connectivity index (χ3v) is 3.84. The van der Waals surface area contributed by atoms with Gasteiger partial charge in [0.2, 0.25) is 0 Å². The summed E-state index contributed by atoms with van der Waals surface area (Å²) in [5.74, 6) is -0.0986. The second-order valence-electron chi connectivity index (χ2n) is 5.11. The first-order valence-electron chi connectivity index (χ1n) is 7.53.